The molecule has 0 aromatic heterocycles. The molecule has 1 aromatic carbocycles. The van der Waals surface area contributed by atoms with Crippen LogP contribution < -0.4 is 15.2 Å². The van der Waals surface area contributed by atoms with E-state index >= 15 is 0 Å². The molecule has 18 heavy (non-hydrogen) atoms. The van der Waals surface area contributed by atoms with Crippen molar-refractivity contribution in [1.82, 2.24) is 0 Å². The Hall–Kier alpha value is -1.42. The average molecular weight is 251 g/mol. The van der Waals surface area contributed by atoms with Gasteiger partial charge in [-0.2, -0.15) is 0 Å². The number of phenols is 1. The van der Waals surface area contributed by atoms with Crippen LogP contribution in [0.1, 0.15) is 31.2 Å². The monoisotopic (exact) mass is 251 g/mol. The van der Waals surface area contributed by atoms with Crippen molar-refractivity contribution in [3.8, 4) is 17.2 Å². The van der Waals surface area contributed by atoms with Crippen molar-refractivity contribution in [2.75, 3.05) is 20.8 Å². The minimum Gasteiger partial charge on any atom is -0.508 e. The van der Waals surface area contributed by atoms with Crippen LogP contribution in [0.3, 0.4) is 0 Å². The molecule has 1 aromatic rings. The summed E-state index contributed by atoms with van der Waals surface area (Å²) in [5.41, 5.74) is 6.88. The van der Waals surface area contributed by atoms with E-state index in [1.165, 1.54) is 12.8 Å². The number of ether oxygens (including phenoxy) is 2. The van der Waals surface area contributed by atoms with Gasteiger partial charge in [0.1, 0.15) is 5.75 Å². The molecule has 3 N–H and O–H groups in total. The second-order valence-corrected chi connectivity index (χ2v) is 4.92. The smallest absolute Gasteiger partial charge is 0.164 e. The third-order valence-electron chi connectivity index (χ3n) is 3.99. The molecule has 0 amide bonds. The van der Waals surface area contributed by atoms with Gasteiger partial charge in [0.25, 0.3) is 0 Å². The van der Waals surface area contributed by atoms with E-state index in [1.807, 2.05) is 0 Å². The molecule has 2 rings (SSSR count). The lowest BCUT2D eigenvalue weighted by Gasteiger charge is -2.30. The van der Waals surface area contributed by atoms with E-state index in [2.05, 4.69) is 0 Å². The lowest BCUT2D eigenvalue weighted by molar-refractivity contribution is 0.332. The second kappa shape index (κ2) is 5.06. The standard InChI is InChI=1S/C14H21NO3/c1-17-12-8-10(16)7-11(13(12)18-2)14(9-15)5-3-4-6-14/h7-8,16H,3-6,9,15H2,1-2H3. The maximum absolute atomic E-state index is 9.84. The van der Waals surface area contributed by atoms with Crippen molar-refractivity contribution < 1.29 is 14.6 Å². The van der Waals surface area contributed by atoms with Crippen LogP contribution in [0.25, 0.3) is 0 Å². The molecule has 4 heteroatoms. The Bertz CT molecular complexity index is 425. The van der Waals surface area contributed by atoms with Crippen LogP contribution >= 0.6 is 0 Å². The van der Waals surface area contributed by atoms with Gasteiger partial charge < -0.3 is 20.3 Å². The van der Waals surface area contributed by atoms with Gasteiger partial charge in [0.15, 0.2) is 11.5 Å². The predicted octanol–water partition coefficient (Wildman–Crippen LogP) is 2.18. The summed E-state index contributed by atoms with van der Waals surface area (Å²) in [5.74, 6) is 1.46. The summed E-state index contributed by atoms with van der Waals surface area (Å²) in [6.07, 6.45) is 4.40. The van der Waals surface area contributed by atoms with Crippen molar-refractivity contribution in [3.05, 3.63) is 17.7 Å². The molecule has 0 spiro atoms. The Labute approximate surface area is 108 Å². The Kier molecular flexibility index (Phi) is 3.66. The number of aromatic hydroxyl groups is 1. The third-order valence-corrected chi connectivity index (χ3v) is 3.99. The third kappa shape index (κ3) is 2.01. The minimum atomic E-state index is -0.0859. The molecular weight excluding hydrogens is 230 g/mol. The number of rotatable bonds is 4. The molecule has 0 saturated heterocycles. The van der Waals surface area contributed by atoms with E-state index in [0.29, 0.717) is 18.0 Å². The van der Waals surface area contributed by atoms with E-state index in [4.69, 9.17) is 15.2 Å². The summed E-state index contributed by atoms with van der Waals surface area (Å²) in [7, 11) is 3.20. The van der Waals surface area contributed by atoms with Gasteiger partial charge in [-0.05, 0) is 18.9 Å². The summed E-state index contributed by atoms with van der Waals surface area (Å²) in [6.45, 7) is 0.565. The van der Waals surface area contributed by atoms with E-state index in [9.17, 15) is 5.11 Å². The lowest BCUT2D eigenvalue weighted by atomic mass is 9.78. The SMILES string of the molecule is COc1cc(O)cc(C2(CN)CCCC2)c1OC. The van der Waals surface area contributed by atoms with Gasteiger partial charge in [-0.15, -0.1) is 0 Å². The van der Waals surface area contributed by atoms with Crippen molar-refractivity contribution >= 4 is 0 Å². The zero-order valence-corrected chi connectivity index (χ0v) is 11.0. The molecule has 1 fully saturated rings. The van der Waals surface area contributed by atoms with Gasteiger partial charge >= 0.3 is 0 Å². The van der Waals surface area contributed by atoms with Crippen molar-refractivity contribution in [2.24, 2.45) is 5.73 Å². The molecule has 100 valence electrons. The van der Waals surface area contributed by atoms with E-state index < -0.39 is 0 Å². The van der Waals surface area contributed by atoms with Crippen LogP contribution in [0.2, 0.25) is 0 Å². The highest BCUT2D eigenvalue weighted by Crippen LogP contribution is 2.48. The minimum absolute atomic E-state index is 0.0859. The van der Waals surface area contributed by atoms with Crippen LogP contribution in [0.5, 0.6) is 17.2 Å². The number of methoxy groups -OCH3 is 2. The highest BCUT2D eigenvalue weighted by atomic mass is 16.5. The fraction of sp³-hybridized carbons (Fsp3) is 0.571. The highest BCUT2D eigenvalue weighted by molar-refractivity contribution is 5.55. The van der Waals surface area contributed by atoms with Crippen LogP contribution in [-0.4, -0.2) is 25.9 Å². The Morgan fingerprint density at radius 1 is 1.22 bits per heavy atom. The van der Waals surface area contributed by atoms with Crippen LogP contribution in [0.4, 0.5) is 0 Å². The van der Waals surface area contributed by atoms with Gasteiger partial charge in [-0.3, -0.25) is 0 Å². The maximum Gasteiger partial charge on any atom is 0.164 e. The number of benzene rings is 1. The summed E-state index contributed by atoms with van der Waals surface area (Å²) >= 11 is 0. The fourth-order valence-corrected chi connectivity index (χ4v) is 2.98. The normalized spacial score (nSPS) is 17.7. The molecule has 0 bridgehead atoms. The molecule has 0 unspecified atom stereocenters. The molecule has 0 heterocycles. The first-order valence-electron chi connectivity index (χ1n) is 6.32. The molecule has 4 nitrogen and oxygen atoms in total. The highest BCUT2D eigenvalue weighted by Gasteiger charge is 2.38. The number of nitrogens with two attached hydrogens (primary N) is 1. The molecule has 0 atom stereocenters. The van der Waals surface area contributed by atoms with Crippen molar-refractivity contribution in [3.63, 3.8) is 0 Å². The van der Waals surface area contributed by atoms with Crippen molar-refractivity contribution in [2.45, 2.75) is 31.1 Å². The molecule has 1 saturated carbocycles. The first-order valence-corrected chi connectivity index (χ1v) is 6.32. The lowest BCUT2D eigenvalue weighted by Crippen LogP contribution is -2.32. The summed E-state index contributed by atoms with van der Waals surface area (Å²) in [6, 6.07) is 3.33. The van der Waals surface area contributed by atoms with Crippen LogP contribution in [0, 0.1) is 0 Å². The number of hydrogen-bond acceptors (Lipinski definition) is 4. The Morgan fingerprint density at radius 2 is 1.89 bits per heavy atom. The van der Waals surface area contributed by atoms with Gasteiger partial charge in [-0.1, -0.05) is 12.8 Å². The molecule has 1 aliphatic rings. The maximum atomic E-state index is 9.84. The zero-order chi connectivity index (χ0) is 13.2. The second-order valence-electron chi connectivity index (χ2n) is 4.92. The first kappa shape index (κ1) is 13.0. The number of hydrogen-bond donors (Lipinski definition) is 2. The van der Waals surface area contributed by atoms with Gasteiger partial charge in [-0.25, -0.2) is 0 Å². The molecule has 0 radical (unpaired) electrons. The largest absolute Gasteiger partial charge is 0.508 e. The predicted molar refractivity (Wildman–Crippen MR) is 70.4 cm³/mol. The zero-order valence-electron chi connectivity index (χ0n) is 11.0. The molecular formula is C14H21NO3. The average Bonchev–Trinajstić information content (AvgIpc) is 2.87. The Morgan fingerprint density at radius 3 is 2.39 bits per heavy atom. The quantitative estimate of drug-likeness (QED) is 0.861. The Balaban J connectivity index is 2.57. The van der Waals surface area contributed by atoms with Crippen LogP contribution in [0.15, 0.2) is 12.1 Å². The topological polar surface area (TPSA) is 64.7 Å². The van der Waals surface area contributed by atoms with Crippen molar-refractivity contribution in [1.29, 1.82) is 0 Å². The fourth-order valence-electron chi connectivity index (χ4n) is 2.98. The van der Waals surface area contributed by atoms with E-state index in [0.717, 1.165) is 18.4 Å². The number of phenolic OH excluding ortho intramolecular Hbond substituents is 1. The summed E-state index contributed by atoms with van der Waals surface area (Å²) in [5, 5.41) is 9.84. The van der Waals surface area contributed by atoms with Crippen LogP contribution in [-0.2, 0) is 5.41 Å². The van der Waals surface area contributed by atoms with Gasteiger partial charge in [0, 0.05) is 23.6 Å². The van der Waals surface area contributed by atoms with E-state index in [1.54, 1.807) is 26.4 Å². The summed E-state index contributed by atoms with van der Waals surface area (Å²) in [4.78, 5) is 0. The molecule has 1 aliphatic carbocycles. The molecule has 0 aliphatic heterocycles. The summed E-state index contributed by atoms with van der Waals surface area (Å²) < 4.78 is 10.8. The first-order chi connectivity index (χ1) is 8.66. The van der Waals surface area contributed by atoms with Gasteiger partial charge in [0.2, 0.25) is 0 Å². The van der Waals surface area contributed by atoms with Gasteiger partial charge in [0.05, 0.1) is 14.2 Å². The van der Waals surface area contributed by atoms with E-state index in [-0.39, 0.29) is 11.2 Å².